The summed E-state index contributed by atoms with van der Waals surface area (Å²) in [6.07, 6.45) is 2.74. The van der Waals surface area contributed by atoms with Gasteiger partial charge in [-0.1, -0.05) is 19.1 Å². The number of para-hydroxylation sites is 1. The third-order valence-corrected chi connectivity index (χ3v) is 6.05. The summed E-state index contributed by atoms with van der Waals surface area (Å²) in [6, 6.07) is 8.13. The Hall–Kier alpha value is -1.53. The molecule has 2 amide bonds. The van der Waals surface area contributed by atoms with Crippen LogP contribution in [-0.4, -0.2) is 48.1 Å². The number of hydrogen-bond donors (Lipinski definition) is 1. The van der Waals surface area contributed by atoms with Gasteiger partial charge in [0.1, 0.15) is 0 Å². The van der Waals surface area contributed by atoms with Crippen molar-refractivity contribution in [1.29, 1.82) is 0 Å². The monoisotopic (exact) mass is 347 g/mol. The van der Waals surface area contributed by atoms with Gasteiger partial charge < -0.3 is 10.6 Å². The first-order valence-electron chi connectivity index (χ1n) is 8.62. The predicted octanol–water partition coefficient (Wildman–Crippen LogP) is 2.10. The summed E-state index contributed by atoms with van der Waals surface area (Å²) in [5.74, 6) is -0.265. The number of likely N-dealkylation sites (tertiary alicyclic amines) is 1. The lowest BCUT2D eigenvalue weighted by atomic mass is 9.97. The van der Waals surface area contributed by atoms with Crippen LogP contribution in [0.1, 0.15) is 26.2 Å². The van der Waals surface area contributed by atoms with Crippen molar-refractivity contribution in [2.24, 2.45) is 11.7 Å². The van der Waals surface area contributed by atoms with Crippen molar-refractivity contribution in [3.05, 3.63) is 24.3 Å². The smallest absolute Gasteiger partial charge is 0.241 e. The van der Waals surface area contributed by atoms with Crippen molar-refractivity contribution >= 4 is 29.3 Å². The van der Waals surface area contributed by atoms with E-state index in [0.29, 0.717) is 18.3 Å². The van der Waals surface area contributed by atoms with Crippen LogP contribution in [0.15, 0.2) is 29.2 Å². The highest BCUT2D eigenvalue weighted by molar-refractivity contribution is 8.00. The van der Waals surface area contributed by atoms with Gasteiger partial charge in [-0.25, -0.2) is 0 Å². The molecule has 2 atom stereocenters. The molecule has 0 bridgehead atoms. The molecule has 2 heterocycles. The Kier molecular flexibility index (Phi) is 5.46. The van der Waals surface area contributed by atoms with Gasteiger partial charge in [0.25, 0.3) is 0 Å². The first kappa shape index (κ1) is 17.3. The van der Waals surface area contributed by atoms with Crippen LogP contribution in [0.4, 0.5) is 5.69 Å². The fourth-order valence-corrected chi connectivity index (χ4v) is 4.57. The molecule has 2 aliphatic rings. The van der Waals surface area contributed by atoms with Gasteiger partial charge in [-0.2, -0.15) is 0 Å². The number of carbonyl (C=O) groups excluding carboxylic acids is 2. The molecule has 5 nitrogen and oxygen atoms in total. The van der Waals surface area contributed by atoms with Gasteiger partial charge in [0.05, 0.1) is 18.2 Å². The van der Waals surface area contributed by atoms with Crippen LogP contribution in [0, 0.1) is 5.92 Å². The zero-order chi connectivity index (χ0) is 17.1. The minimum absolute atomic E-state index is 0.113. The second-order valence-corrected chi connectivity index (χ2v) is 8.19. The summed E-state index contributed by atoms with van der Waals surface area (Å²) in [4.78, 5) is 29.5. The summed E-state index contributed by atoms with van der Waals surface area (Å²) in [5.41, 5.74) is 6.45. The van der Waals surface area contributed by atoms with Crippen LogP contribution < -0.4 is 10.6 Å². The number of benzene rings is 1. The summed E-state index contributed by atoms with van der Waals surface area (Å²) < 4.78 is 0. The number of rotatable bonds is 3. The molecule has 1 aromatic rings. The molecule has 0 spiro atoms. The number of fused-ring (bicyclic) bond motifs is 1. The average Bonchev–Trinajstić information content (AvgIpc) is 2.73. The number of primary amides is 1. The Morgan fingerprint density at radius 2 is 2.04 bits per heavy atom. The Bertz CT molecular complexity index is 622. The first-order valence-corrected chi connectivity index (χ1v) is 9.50. The van der Waals surface area contributed by atoms with E-state index in [4.69, 9.17) is 5.73 Å². The van der Waals surface area contributed by atoms with Gasteiger partial charge >= 0.3 is 0 Å². The van der Waals surface area contributed by atoms with Gasteiger partial charge in [-0.3, -0.25) is 14.5 Å². The Balaban J connectivity index is 1.71. The number of nitrogens with zero attached hydrogens (tertiary/aromatic N) is 2. The standard InChI is InChI=1S/C18H25N3O2S/c1-13-8-10-21(15-6-2-3-7-16(15)24-13)17(22)12-20-9-4-5-14(11-20)18(19)23/h2-3,6-7,13-14H,4-5,8-12H2,1H3,(H2,19,23)/t13-,14-/m0/s1. The lowest BCUT2D eigenvalue weighted by Crippen LogP contribution is -2.47. The maximum atomic E-state index is 12.9. The largest absolute Gasteiger partial charge is 0.369 e. The Labute approximate surface area is 147 Å². The highest BCUT2D eigenvalue weighted by atomic mass is 32.2. The Morgan fingerprint density at radius 3 is 2.83 bits per heavy atom. The summed E-state index contributed by atoms with van der Waals surface area (Å²) in [5, 5.41) is 0.498. The quantitative estimate of drug-likeness (QED) is 0.909. The molecule has 1 aromatic carbocycles. The molecule has 0 aromatic heterocycles. The molecule has 0 unspecified atom stereocenters. The Morgan fingerprint density at radius 1 is 1.25 bits per heavy atom. The van der Waals surface area contributed by atoms with E-state index in [2.05, 4.69) is 17.9 Å². The van der Waals surface area contributed by atoms with Crippen LogP contribution in [0.5, 0.6) is 0 Å². The minimum Gasteiger partial charge on any atom is -0.369 e. The fraction of sp³-hybridized carbons (Fsp3) is 0.556. The van der Waals surface area contributed by atoms with Crippen molar-refractivity contribution in [1.82, 2.24) is 4.90 Å². The zero-order valence-electron chi connectivity index (χ0n) is 14.1. The van der Waals surface area contributed by atoms with E-state index < -0.39 is 0 Å². The number of amides is 2. The molecular formula is C18H25N3O2S. The third kappa shape index (κ3) is 3.92. The SMILES string of the molecule is C[C@H]1CCN(C(=O)CN2CCC[C@H](C(N)=O)C2)c2ccccc2S1. The third-order valence-electron chi connectivity index (χ3n) is 4.81. The van der Waals surface area contributed by atoms with Crippen LogP contribution >= 0.6 is 11.8 Å². The second-order valence-electron chi connectivity index (χ2n) is 6.71. The van der Waals surface area contributed by atoms with E-state index >= 15 is 0 Å². The lowest BCUT2D eigenvalue weighted by Gasteiger charge is -2.32. The molecule has 24 heavy (non-hydrogen) atoms. The summed E-state index contributed by atoms with van der Waals surface area (Å²) in [7, 11) is 0. The van der Waals surface area contributed by atoms with E-state index in [9.17, 15) is 9.59 Å². The highest BCUT2D eigenvalue weighted by Crippen LogP contribution is 2.37. The molecule has 2 N–H and O–H groups in total. The van der Waals surface area contributed by atoms with Crippen molar-refractivity contribution in [3.8, 4) is 0 Å². The molecule has 0 aliphatic carbocycles. The number of anilines is 1. The van der Waals surface area contributed by atoms with E-state index in [0.717, 1.165) is 38.0 Å². The van der Waals surface area contributed by atoms with Gasteiger partial charge in [0, 0.05) is 23.2 Å². The van der Waals surface area contributed by atoms with Gasteiger partial charge in [-0.15, -0.1) is 11.8 Å². The number of piperidine rings is 1. The summed E-state index contributed by atoms with van der Waals surface area (Å²) in [6.45, 7) is 4.77. The topological polar surface area (TPSA) is 66.6 Å². The number of nitrogens with two attached hydrogens (primary N) is 1. The second kappa shape index (κ2) is 7.57. The molecule has 3 rings (SSSR count). The fourth-order valence-electron chi connectivity index (χ4n) is 3.45. The molecule has 130 valence electrons. The van der Waals surface area contributed by atoms with Crippen LogP contribution in [-0.2, 0) is 9.59 Å². The summed E-state index contributed by atoms with van der Waals surface area (Å²) >= 11 is 1.84. The molecule has 6 heteroatoms. The molecule has 0 radical (unpaired) electrons. The first-order chi connectivity index (χ1) is 11.5. The van der Waals surface area contributed by atoms with Gasteiger partial charge in [0.15, 0.2) is 0 Å². The van der Waals surface area contributed by atoms with Crippen molar-refractivity contribution < 1.29 is 9.59 Å². The predicted molar refractivity (Wildman–Crippen MR) is 97.1 cm³/mol. The van der Waals surface area contributed by atoms with Gasteiger partial charge in [-0.05, 0) is 37.9 Å². The van der Waals surface area contributed by atoms with Crippen molar-refractivity contribution in [3.63, 3.8) is 0 Å². The van der Waals surface area contributed by atoms with Crippen molar-refractivity contribution in [2.45, 2.75) is 36.3 Å². The van der Waals surface area contributed by atoms with E-state index in [-0.39, 0.29) is 17.7 Å². The molecule has 1 fully saturated rings. The minimum atomic E-state index is -0.252. The van der Waals surface area contributed by atoms with Crippen LogP contribution in [0.3, 0.4) is 0 Å². The average molecular weight is 347 g/mol. The van der Waals surface area contributed by atoms with Crippen LogP contribution in [0.25, 0.3) is 0 Å². The van der Waals surface area contributed by atoms with E-state index in [1.54, 1.807) is 0 Å². The number of thioether (sulfide) groups is 1. The lowest BCUT2D eigenvalue weighted by molar-refractivity contribution is -0.125. The number of carbonyl (C=O) groups is 2. The number of hydrogen-bond acceptors (Lipinski definition) is 4. The normalized spacial score (nSPS) is 25.0. The molecule has 1 saturated heterocycles. The van der Waals surface area contributed by atoms with E-state index in [1.165, 1.54) is 4.90 Å². The zero-order valence-corrected chi connectivity index (χ0v) is 14.9. The van der Waals surface area contributed by atoms with E-state index in [1.807, 2.05) is 34.9 Å². The molecule has 0 saturated carbocycles. The maximum Gasteiger partial charge on any atom is 0.241 e. The van der Waals surface area contributed by atoms with Crippen molar-refractivity contribution in [2.75, 3.05) is 31.1 Å². The highest BCUT2D eigenvalue weighted by Gasteiger charge is 2.29. The van der Waals surface area contributed by atoms with Gasteiger partial charge in [0.2, 0.25) is 11.8 Å². The maximum absolute atomic E-state index is 12.9. The molecule has 2 aliphatic heterocycles. The molecular weight excluding hydrogens is 322 g/mol. The van der Waals surface area contributed by atoms with Crippen LogP contribution in [0.2, 0.25) is 0 Å².